The third kappa shape index (κ3) is 5.16. The molecule has 0 aliphatic heterocycles. The highest BCUT2D eigenvalue weighted by Crippen LogP contribution is 2.41. The summed E-state index contributed by atoms with van der Waals surface area (Å²) in [6, 6.07) is 20.6. The van der Waals surface area contributed by atoms with E-state index in [0.29, 0.717) is 33.5 Å². The topological polar surface area (TPSA) is 82.8 Å². The predicted molar refractivity (Wildman–Crippen MR) is 140 cm³/mol. The monoisotopic (exact) mass is 506 g/mol. The molecule has 0 aliphatic rings. The average Bonchev–Trinajstić information content (AvgIpc) is 3.32. The fourth-order valence-electron chi connectivity index (χ4n) is 3.97. The van der Waals surface area contributed by atoms with Gasteiger partial charge in [-0.2, -0.15) is 5.10 Å². The summed E-state index contributed by atoms with van der Waals surface area (Å²) in [5.74, 6) is 0.780. The molecule has 0 spiro atoms. The number of methoxy groups -OCH3 is 2. The normalized spacial score (nSPS) is 10.9. The quantitative estimate of drug-likeness (QED) is 0.280. The van der Waals surface area contributed by atoms with E-state index in [4.69, 9.17) is 30.9 Å². The van der Waals surface area contributed by atoms with Crippen molar-refractivity contribution >= 4 is 17.6 Å². The van der Waals surface area contributed by atoms with Crippen molar-refractivity contribution in [2.75, 3.05) is 20.8 Å². The van der Waals surface area contributed by atoms with Crippen molar-refractivity contribution in [2.45, 2.75) is 19.8 Å². The second-order valence-corrected chi connectivity index (χ2v) is 8.88. The number of ether oxygens (including phenoxy) is 3. The number of carboxylic acids is 1. The van der Waals surface area contributed by atoms with Crippen LogP contribution in [0.1, 0.15) is 25.3 Å². The number of halogens is 1. The van der Waals surface area contributed by atoms with Crippen molar-refractivity contribution in [3.63, 3.8) is 0 Å². The van der Waals surface area contributed by atoms with Crippen LogP contribution in [-0.4, -0.2) is 41.7 Å². The third-order valence-corrected chi connectivity index (χ3v) is 5.97. The SMILES string of the molecule is COc1cccc(-c2cc(-c3cc(C(C)C)ccc3OCC(=O)O)nn2-c2cccc(Cl)c2)c1OC. The summed E-state index contributed by atoms with van der Waals surface area (Å²) in [4.78, 5) is 11.2. The van der Waals surface area contributed by atoms with Crippen molar-refractivity contribution in [2.24, 2.45) is 0 Å². The molecule has 0 atom stereocenters. The summed E-state index contributed by atoms with van der Waals surface area (Å²) in [5, 5.41) is 14.7. The molecule has 36 heavy (non-hydrogen) atoms. The van der Waals surface area contributed by atoms with Gasteiger partial charge in [0.05, 0.1) is 31.3 Å². The van der Waals surface area contributed by atoms with Gasteiger partial charge in [-0.25, -0.2) is 9.48 Å². The van der Waals surface area contributed by atoms with Gasteiger partial charge in [-0.1, -0.05) is 43.6 Å². The Balaban J connectivity index is 1.98. The number of aliphatic carboxylic acids is 1. The number of hydrogen-bond acceptors (Lipinski definition) is 5. The van der Waals surface area contributed by atoms with Crippen molar-refractivity contribution in [1.29, 1.82) is 0 Å². The van der Waals surface area contributed by atoms with E-state index in [9.17, 15) is 9.90 Å². The summed E-state index contributed by atoms with van der Waals surface area (Å²) in [6.45, 7) is 3.72. The highest BCUT2D eigenvalue weighted by atomic mass is 35.5. The van der Waals surface area contributed by atoms with Crippen molar-refractivity contribution in [1.82, 2.24) is 9.78 Å². The van der Waals surface area contributed by atoms with Crippen LogP contribution in [0.25, 0.3) is 28.2 Å². The Morgan fingerprint density at radius 3 is 2.42 bits per heavy atom. The Morgan fingerprint density at radius 1 is 0.972 bits per heavy atom. The van der Waals surface area contributed by atoms with Gasteiger partial charge in [0.25, 0.3) is 0 Å². The molecule has 0 radical (unpaired) electrons. The molecular formula is C28H27ClN2O5. The predicted octanol–water partition coefficient (Wildman–Crippen LogP) is 6.46. The summed E-state index contributed by atoms with van der Waals surface area (Å²) in [5.41, 5.74) is 4.63. The van der Waals surface area contributed by atoms with Gasteiger partial charge in [0, 0.05) is 16.1 Å². The zero-order chi connectivity index (χ0) is 25.8. The summed E-state index contributed by atoms with van der Waals surface area (Å²) >= 11 is 6.31. The van der Waals surface area contributed by atoms with Crippen LogP contribution in [0, 0.1) is 0 Å². The summed E-state index contributed by atoms with van der Waals surface area (Å²) in [6.07, 6.45) is 0. The first-order valence-corrected chi connectivity index (χ1v) is 11.8. The first-order chi connectivity index (χ1) is 17.3. The maximum Gasteiger partial charge on any atom is 0.341 e. The smallest absolute Gasteiger partial charge is 0.341 e. The molecule has 0 aliphatic carbocycles. The molecule has 0 fully saturated rings. The summed E-state index contributed by atoms with van der Waals surface area (Å²) < 4.78 is 18.6. The lowest BCUT2D eigenvalue weighted by Crippen LogP contribution is -2.10. The van der Waals surface area contributed by atoms with Gasteiger partial charge in [-0.3, -0.25) is 0 Å². The maximum absolute atomic E-state index is 11.2. The van der Waals surface area contributed by atoms with Crippen LogP contribution in [-0.2, 0) is 4.79 Å². The van der Waals surface area contributed by atoms with Crippen molar-refractivity contribution < 1.29 is 24.1 Å². The maximum atomic E-state index is 11.2. The molecule has 4 rings (SSSR count). The minimum atomic E-state index is -1.06. The average molecular weight is 507 g/mol. The van der Waals surface area contributed by atoms with Gasteiger partial charge in [-0.05, 0) is 60.0 Å². The lowest BCUT2D eigenvalue weighted by atomic mass is 9.98. The molecule has 1 aromatic heterocycles. The Kier molecular flexibility index (Phi) is 7.50. The number of para-hydroxylation sites is 1. The molecule has 0 unspecified atom stereocenters. The Bertz CT molecular complexity index is 1400. The number of carbonyl (C=O) groups is 1. The fourth-order valence-corrected chi connectivity index (χ4v) is 4.15. The Hall–Kier alpha value is -3.97. The molecular weight excluding hydrogens is 480 g/mol. The highest BCUT2D eigenvalue weighted by molar-refractivity contribution is 6.30. The van der Waals surface area contributed by atoms with Gasteiger partial charge in [0.2, 0.25) is 0 Å². The molecule has 8 heteroatoms. The number of benzene rings is 3. The largest absolute Gasteiger partial charge is 0.493 e. The van der Waals surface area contributed by atoms with Gasteiger partial charge < -0.3 is 19.3 Å². The molecule has 1 N–H and O–H groups in total. The Morgan fingerprint density at radius 2 is 1.75 bits per heavy atom. The number of hydrogen-bond donors (Lipinski definition) is 1. The van der Waals surface area contributed by atoms with Crippen molar-refractivity contribution in [3.05, 3.63) is 77.3 Å². The van der Waals surface area contributed by atoms with Crippen LogP contribution in [0.4, 0.5) is 0 Å². The van der Waals surface area contributed by atoms with Crippen LogP contribution < -0.4 is 14.2 Å². The molecule has 3 aromatic carbocycles. The molecule has 1 heterocycles. The first kappa shape index (κ1) is 25.1. The minimum absolute atomic E-state index is 0.255. The third-order valence-electron chi connectivity index (χ3n) is 5.74. The zero-order valence-electron chi connectivity index (χ0n) is 20.5. The van der Waals surface area contributed by atoms with E-state index in [1.807, 2.05) is 54.6 Å². The highest BCUT2D eigenvalue weighted by Gasteiger charge is 2.21. The van der Waals surface area contributed by atoms with E-state index in [2.05, 4.69) is 13.8 Å². The number of nitrogens with zero attached hydrogens (tertiary/aromatic N) is 2. The number of carboxylic acid groups (broad SMARTS) is 1. The van der Waals surface area contributed by atoms with Gasteiger partial charge in [0.15, 0.2) is 18.1 Å². The lowest BCUT2D eigenvalue weighted by molar-refractivity contribution is -0.139. The van der Waals surface area contributed by atoms with Crippen LogP contribution in [0.15, 0.2) is 66.7 Å². The number of aromatic nitrogens is 2. The molecule has 0 saturated heterocycles. The molecule has 0 amide bonds. The van der Waals surface area contributed by atoms with Crippen LogP contribution in [0.3, 0.4) is 0 Å². The first-order valence-electron chi connectivity index (χ1n) is 11.4. The van der Waals surface area contributed by atoms with E-state index in [0.717, 1.165) is 22.5 Å². The van der Waals surface area contributed by atoms with Crippen LogP contribution in [0.5, 0.6) is 17.2 Å². The van der Waals surface area contributed by atoms with E-state index in [-0.39, 0.29) is 5.92 Å². The standard InChI is InChI=1S/C28H27ClN2O5/c1-17(2)18-11-12-25(36-16-27(32)33)22(13-18)23-15-24(21-9-6-10-26(34-3)28(21)35-4)31(30-23)20-8-5-7-19(29)14-20/h5-15,17H,16H2,1-4H3,(H,32,33). The Labute approximate surface area is 214 Å². The minimum Gasteiger partial charge on any atom is -0.493 e. The van der Waals surface area contributed by atoms with E-state index in [1.54, 1.807) is 31.0 Å². The summed E-state index contributed by atoms with van der Waals surface area (Å²) in [7, 11) is 3.18. The van der Waals surface area contributed by atoms with E-state index in [1.165, 1.54) is 0 Å². The van der Waals surface area contributed by atoms with E-state index >= 15 is 0 Å². The second-order valence-electron chi connectivity index (χ2n) is 8.44. The molecule has 4 aromatic rings. The van der Waals surface area contributed by atoms with E-state index < -0.39 is 12.6 Å². The van der Waals surface area contributed by atoms with Gasteiger partial charge >= 0.3 is 5.97 Å². The van der Waals surface area contributed by atoms with Crippen LogP contribution in [0.2, 0.25) is 5.02 Å². The molecule has 0 saturated carbocycles. The zero-order valence-corrected chi connectivity index (χ0v) is 21.2. The second kappa shape index (κ2) is 10.7. The number of rotatable bonds is 9. The fraction of sp³-hybridized carbons (Fsp3) is 0.214. The lowest BCUT2D eigenvalue weighted by Gasteiger charge is -2.14. The van der Waals surface area contributed by atoms with Crippen molar-refractivity contribution in [3.8, 4) is 45.5 Å². The molecule has 7 nitrogen and oxygen atoms in total. The molecule has 186 valence electrons. The van der Waals surface area contributed by atoms with Crippen LogP contribution >= 0.6 is 11.6 Å². The van der Waals surface area contributed by atoms with Gasteiger partial charge in [-0.15, -0.1) is 0 Å². The molecule has 0 bridgehead atoms. The van der Waals surface area contributed by atoms with Gasteiger partial charge in [0.1, 0.15) is 5.75 Å².